The molecule has 0 saturated carbocycles. The van der Waals surface area contributed by atoms with Crippen molar-refractivity contribution in [2.75, 3.05) is 6.54 Å². The third-order valence-corrected chi connectivity index (χ3v) is 3.86. The number of aromatic nitrogens is 1. The predicted molar refractivity (Wildman–Crippen MR) is 89.5 cm³/mol. The van der Waals surface area contributed by atoms with Crippen molar-refractivity contribution in [2.24, 2.45) is 0 Å². The summed E-state index contributed by atoms with van der Waals surface area (Å²) >= 11 is 0. The van der Waals surface area contributed by atoms with Crippen molar-refractivity contribution in [3.05, 3.63) is 65.5 Å². The summed E-state index contributed by atoms with van der Waals surface area (Å²) < 4.78 is 0. The Balaban J connectivity index is 1.87. The van der Waals surface area contributed by atoms with Gasteiger partial charge in [-0.05, 0) is 48.1 Å². The molecule has 0 bridgehead atoms. The van der Waals surface area contributed by atoms with Gasteiger partial charge in [-0.1, -0.05) is 51.1 Å². The minimum absolute atomic E-state index is 0.218. The third kappa shape index (κ3) is 4.68. The molecule has 2 aromatic rings. The SMILES string of the molecule is CC(NCCc1cccnc1)c1ccc(C(C)(C)C)cc1. The van der Waals surface area contributed by atoms with Crippen LogP contribution < -0.4 is 5.32 Å². The van der Waals surface area contributed by atoms with Gasteiger partial charge in [-0.3, -0.25) is 4.98 Å². The van der Waals surface area contributed by atoms with Gasteiger partial charge < -0.3 is 5.32 Å². The molecule has 0 aliphatic rings. The van der Waals surface area contributed by atoms with Gasteiger partial charge in [-0.25, -0.2) is 0 Å². The van der Waals surface area contributed by atoms with Gasteiger partial charge in [0, 0.05) is 18.4 Å². The molecule has 2 rings (SSSR count). The first kappa shape index (κ1) is 15.7. The van der Waals surface area contributed by atoms with Gasteiger partial charge in [0.05, 0.1) is 0 Å². The molecule has 1 N–H and O–H groups in total. The van der Waals surface area contributed by atoms with Gasteiger partial charge >= 0.3 is 0 Å². The normalized spacial score (nSPS) is 13.1. The van der Waals surface area contributed by atoms with Crippen molar-refractivity contribution in [1.82, 2.24) is 10.3 Å². The van der Waals surface area contributed by atoms with Crippen LogP contribution in [0.15, 0.2) is 48.8 Å². The van der Waals surface area contributed by atoms with Crippen LogP contribution in [0, 0.1) is 0 Å². The van der Waals surface area contributed by atoms with Crippen LogP contribution in [0.1, 0.15) is 50.4 Å². The molecule has 0 amide bonds. The Morgan fingerprint density at radius 3 is 2.38 bits per heavy atom. The minimum Gasteiger partial charge on any atom is -0.310 e. The quantitative estimate of drug-likeness (QED) is 0.885. The zero-order valence-corrected chi connectivity index (χ0v) is 13.6. The number of nitrogens with zero attached hydrogens (tertiary/aromatic N) is 1. The van der Waals surface area contributed by atoms with E-state index in [0.29, 0.717) is 6.04 Å². The van der Waals surface area contributed by atoms with Crippen molar-refractivity contribution >= 4 is 0 Å². The third-order valence-electron chi connectivity index (χ3n) is 3.86. The predicted octanol–water partition coefficient (Wildman–Crippen LogP) is 4.27. The van der Waals surface area contributed by atoms with Crippen molar-refractivity contribution in [3.63, 3.8) is 0 Å². The molecule has 0 aliphatic carbocycles. The van der Waals surface area contributed by atoms with Gasteiger partial charge in [0.2, 0.25) is 0 Å². The lowest BCUT2D eigenvalue weighted by Crippen LogP contribution is -2.21. The summed E-state index contributed by atoms with van der Waals surface area (Å²) in [6.45, 7) is 9.93. The maximum absolute atomic E-state index is 4.15. The highest BCUT2D eigenvalue weighted by atomic mass is 14.9. The summed E-state index contributed by atoms with van der Waals surface area (Å²) in [7, 11) is 0. The maximum Gasteiger partial charge on any atom is 0.0300 e. The first-order valence-electron chi connectivity index (χ1n) is 7.69. The summed E-state index contributed by atoms with van der Waals surface area (Å²) in [4.78, 5) is 4.15. The molecular formula is C19H26N2. The Hall–Kier alpha value is -1.67. The molecule has 2 nitrogen and oxygen atoms in total. The molecule has 21 heavy (non-hydrogen) atoms. The second-order valence-electron chi connectivity index (χ2n) is 6.66. The van der Waals surface area contributed by atoms with Gasteiger partial charge in [0.1, 0.15) is 0 Å². The molecule has 112 valence electrons. The van der Waals surface area contributed by atoms with Crippen LogP contribution in [-0.2, 0) is 11.8 Å². The second kappa shape index (κ2) is 6.86. The number of nitrogens with one attached hydrogen (secondary N) is 1. The number of hydrogen-bond acceptors (Lipinski definition) is 2. The zero-order chi connectivity index (χ0) is 15.3. The molecule has 0 saturated heterocycles. The first-order chi connectivity index (χ1) is 9.97. The molecule has 1 heterocycles. The smallest absolute Gasteiger partial charge is 0.0300 e. The fourth-order valence-electron chi connectivity index (χ4n) is 2.37. The van der Waals surface area contributed by atoms with E-state index in [1.54, 1.807) is 0 Å². The topological polar surface area (TPSA) is 24.9 Å². The van der Waals surface area contributed by atoms with E-state index in [4.69, 9.17) is 0 Å². The Labute approximate surface area is 128 Å². The van der Waals surface area contributed by atoms with Crippen molar-refractivity contribution < 1.29 is 0 Å². The molecule has 0 fully saturated rings. The molecule has 2 heteroatoms. The summed E-state index contributed by atoms with van der Waals surface area (Å²) in [5, 5.41) is 3.58. The van der Waals surface area contributed by atoms with Crippen molar-refractivity contribution in [1.29, 1.82) is 0 Å². The molecule has 0 aliphatic heterocycles. The minimum atomic E-state index is 0.218. The Bertz CT molecular complexity index is 538. The van der Waals surface area contributed by atoms with Crippen LogP contribution in [0.5, 0.6) is 0 Å². The molecule has 1 unspecified atom stereocenters. The van der Waals surface area contributed by atoms with Crippen LogP contribution in [0.3, 0.4) is 0 Å². The standard InChI is InChI=1S/C19H26N2/c1-15(21-13-11-16-6-5-12-20-14-16)17-7-9-18(10-8-17)19(2,3)4/h5-10,12,14-15,21H,11,13H2,1-4H3. The van der Waals surface area contributed by atoms with E-state index >= 15 is 0 Å². The Kier molecular flexibility index (Phi) is 5.13. The van der Waals surface area contributed by atoms with Crippen LogP contribution in [-0.4, -0.2) is 11.5 Å². The van der Waals surface area contributed by atoms with Gasteiger partial charge in [-0.2, -0.15) is 0 Å². The lowest BCUT2D eigenvalue weighted by Gasteiger charge is -2.20. The number of benzene rings is 1. The summed E-state index contributed by atoms with van der Waals surface area (Å²) in [5.41, 5.74) is 4.22. The van der Waals surface area contributed by atoms with E-state index in [2.05, 4.69) is 68.3 Å². The van der Waals surface area contributed by atoms with E-state index < -0.39 is 0 Å². The number of hydrogen-bond donors (Lipinski definition) is 1. The first-order valence-corrected chi connectivity index (χ1v) is 7.69. The molecule has 0 radical (unpaired) electrons. The average Bonchev–Trinajstić information content (AvgIpc) is 2.47. The van der Waals surface area contributed by atoms with Gasteiger partial charge in [0.15, 0.2) is 0 Å². The molecule has 0 spiro atoms. The molecular weight excluding hydrogens is 256 g/mol. The highest BCUT2D eigenvalue weighted by molar-refractivity contribution is 5.29. The zero-order valence-electron chi connectivity index (χ0n) is 13.6. The van der Waals surface area contributed by atoms with E-state index in [1.165, 1.54) is 16.7 Å². The number of pyridine rings is 1. The maximum atomic E-state index is 4.15. The summed E-state index contributed by atoms with van der Waals surface area (Å²) in [6.07, 6.45) is 4.76. The number of rotatable bonds is 5. The van der Waals surface area contributed by atoms with Gasteiger partial charge in [-0.15, -0.1) is 0 Å². The van der Waals surface area contributed by atoms with E-state index in [0.717, 1.165) is 13.0 Å². The van der Waals surface area contributed by atoms with Gasteiger partial charge in [0.25, 0.3) is 0 Å². The van der Waals surface area contributed by atoms with Crippen molar-refractivity contribution in [2.45, 2.75) is 45.6 Å². The van der Waals surface area contributed by atoms with Crippen LogP contribution in [0.2, 0.25) is 0 Å². The Morgan fingerprint density at radius 1 is 1.10 bits per heavy atom. The van der Waals surface area contributed by atoms with Crippen LogP contribution in [0.4, 0.5) is 0 Å². The van der Waals surface area contributed by atoms with Crippen molar-refractivity contribution in [3.8, 4) is 0 Å². The lowest BCUT2D eigenvalue weighted by molar-refractivity contribution is 0.571. The lowest BCUT2D eigenvalue weighted by atomic mass is 9.86. The van der Waals surface area contributed by atoms with Crippen LogP contribution >= 0.6 is 0 Å². The molecule has 1 aromatic carbocycles. The van der Waals surface area contributed by atoms with E-state index in [9.17, 15) is 0 Å². The Morgan fingerprint density at radius 2 is 1.81 bits per heavy atom. The molecule has 1 atom stereocenters. The fraction of sp³-hybridized carbons (Fsp3) is 0.421. The van der Waals surface area contributed by atoms with E-state index in [1.807, 2.05) is 18.5 Å². The fourth-order valence-corrected chi connectivity index (χ4v) is 2.37. The molecule has 1 aromatic heterocycles. The summed E-state index contributed by atoms with van der Waals surface area (Å²) in [6, 6.07) is 13.4. The van der Waals surface area contributed by atoms with E-state index in [-0.39, 0.29) is 5.41 Å². The second-order valence-corrected chi connectivity index (χ2v) is 6.66. The summed E-state index contributed by atoms with van der Waals surface area (Å²) in [5.74, 6) is 0. The monoisotopic (exact) mass is 282 g/mol. The van der Waals surface area contributed by atoms with Crippen LogP contribution in [0.25, 0.3) is 0 Å². The average molecular weight is 282 g/mol. The highest BCUT2D eigenvalue weighted by Gasteiger charge is 2.13. The highest BCUT2D eigenvalue weighted by Crippen LogP contribution is 2.23. The largest absolute Gasteiger partial charge is 0.310 e.